The van der Waals surface area contributed by atoms with Gasteiger partial charge in [0, 0.05) is 18.5 Å². The van der Waals surface area contributed by atoms with Gasteiger partial charge in [0.05, 0.1) is 4.34 Å². The van der Waals surface area contributed by atoms with Crippen LogP contribution in [0, 0.1) is 0 Å². The molecular weight excluding hydrogens is 265 g/mol. The first-order chi connectivity index (χ1) is 6.45. The minimum absolute atomic E-state index is 0.312. The largest absolute Gasteiger partial charge is 0.228 e. The van der Waals surface area contributed by atoms with E-state index in [2.05, 4.69) is 0 Å². The Morgan fingerprint density at radius 3 is 2.57 bits per heavy atom. The third-order valence-electron chi connectivity index (χ3n) is 1.62. The van der Waals surface area contributed by atoms with Crippen LogP contribution in [0.1, 0.15) is 4.88 Å². The Morgan fingerprint density at radius 2 is 2.14 bits per heavy atom. The number of hydrogen-bond acceptors (Lipinski definition) is 3. The van der Waals surface area contributed by atoms with E-state index in [0.29, 0.717) is 10.9 Å². The fourth-order valence-electron chi connectivity index (χ4n) is 0.838. The van der Waals surface area contributed by atoms with Crippen LogP contribution in [0.4, 0.5) is 0 Å². The van der Waals surface area contributed by atoms with Crippen molar-refractivity contribution in [2.24, 2.45) is 0 Å². The maximum Gasteiger partial charge on any atom is 0.228 e. The fraction of sp³-hybridized carbons (Fsp3) is 0.429. The van der Waals surface area contributed by atoms with Gasteiger partial charge in [0.25, 0.3) is 0 Å². The first-order valence-corrected chi connectivity index (χ1v) is 7.03. The Bertz CT molecular complexity index is 402. The van der Waals surface area contributed by atoms with Gasteiger partial charge in [-0.2, -0.15) is 4.31 Å². The third-order valence-corrected chi connectivity index (χ3v) is 5.02. The topological polar surface area (TPSA) is 37.4 Å². The number of sulfonamides is 1. The number of halogens is 2. The molecule has 0 aromatic carbocycles. The summed E-state index contributed by atoms with van der Waals surface area (Å²) >= 11 is 12.4. The summed E-state index contributed by atoms with van der Waals surface area (Å²) in [6.07, 6.45) is 0. The van der Waals surface area contributed by atoms with E-state index >= 15 is 0 Å². The van der Waals surface area contributed by atoms with Crippen molar-refractivity contribution in [2.45, 2.75) is 6.54 Å². The van der Waals surface area contributed by atoms with Crippen LogP contribution in [-0.4, -0.2) is 25.0 Å². The van der Waals surface area contributed by atoms with E-state index in [9.17, 15) is 8.42 Å². The van der Waals surface area contributed by atoms with Crippen molar-refractivity contribution >= 4 is 44.6 Å². The van der Waals surface area contributed by atoms with E-state index in [1.54, 1.807) is 12.1 Å². The van der Waals surface area contributed by atoms with Crippen LogP contribution in [0.2, 0.25) is 4.34 Å². The van der Waals surface area contributed by atoms with Crippen molar-refractivity contribution < 1.29 is 8.42 Å². The van der Waals surface area contributed by atoms with Crippen LogP contribution < -0.4 is 0 Å². The van der Waals surface area contributed by atoms with Gasteiger partial charge in [-0.05, 0) is 12.1 Å². The Hall–Kier alpha value is 0.190. The molecule has 0 saturated heterocycles. The molecule has 0 fully saturated rings. The molecule has 1 aromatic rings. The van der Waals surface area contributed by atoms with Gasteiger partial charge in [-0.1, -0.05) is 11.6 Å². The second-order valence-corrected chi connectivity index (χ2v) is 7.14. The average Bonchev–Trinajstić information content (AvgIpc) is 2.51. The smallest absolute Gasteiger partial charge is 0.211 e. The zero-order valence-corrected chi connectivity index (χ0v) is 10.5. The Labute approximate surface area is 97.3 Å². The maximum atomic E-state index is 11.3. The lowest BCUT2D eigenvalue weighted by Crippen LogP contribution is -2.26. The van der Waals surface area contributed by atoms with E-state index in [4.69, 9.17) is 23.2 Å². The molecule has 0 atom stereocenters. The van der Waals surface area contributed by atoms with Crippen LogP contribution in [0.5, 0.6) is 0 Å². The SMILES string of the molecule is CN(Cc1ccc(Cl)s1)S(=O)(=O)CCl. The van der Waals surface area contributed by atoms with E-state index < -0.39 is 15.2 Å². The lowest BCUT2D eigenvalue weighted by atomic mass is 10.5. The fourth-order valence-corrected chi connectivity index (χ4v) is 3.06. The summed E-state index contributed by atoms with van der Waals surface area (Å²) in [7, 11) is -1.83. The van der Waals surface area contributed by atoms with Crippen LogP contribution >= 0.6 is 34.5 Å². The summed E-state index contributed by atoms with van der Waals surface area (Å²) in [6.45, 7) is 0.312. The van der Waals surface area contributed by atoms with Crippen molar-refractivity contribution in [1.82, 2.24) is 4.31 Å². The lowest BCUT2D eigenvalue weighted by molar-refractivity contribution is 0.474. The second kappa shape index (κ2) is 4.81. The molecular formula is C7H9Cl2NO2S2. The molecule has 0 amide bonds. The highest BCUT2D eigenvalue weighted by Crippen LogP contribution is 2.23. The zero-order valence-electron chi connectivity index (χ0n) is 7.41. The van der Waals surface area contributed by atoms with Gasteiger partial charge in [-0.25, -0.2) is 8.42 Å². The van der Waals surface area contributed by atoms with E-state index in [0.717, 1.165) is 4.88 Å². The van der Waals surface area contributed by atoms with Crippen molar-refractivity contribution in [3.05, 3.63) is 21.3 Å². The van der Waals surface area contributed by atoms with Crippen LogP contribution in [0.15, 0.2) is 12.1 Å². The van der Waals surface area contributed by atoms with Gasteiger partial charge < -0.3 is 0 Å². The number of hydrogen-bond donors (Lipinski definition) is 0. The Morgan fingerprint density at radius 1 is 1.50 bits per heavy atom. The monoisotopic (exact) mass is 273 g/mol. The van der Waals surface area contributed by atoms with Crippen LogP contribution in [-0.2, 0) is 16.6 Å². The molecule has 0 aliphatic carbocycles. The number of thiophene rings is 1. The summed E-state index contributed by atoms with van der Waals surface area (Å²) in [6, 6.07) is 3.54. The normalized spacial score (nSPS) is 12.3. The van der Waals surface area contributed by atoms with Crippen LogP contribution in [0.3, 0.4) is 0 Å². The molecule has 80 valence electrons. The summed E-state index contributed by atoms with van der Waals surface area (Å²) < 4.78 is 24.4. The Kier molecular flexibility index (Phi) is 4.21. The summed E-state index contributed by atoms with van der Waals surface area (Å²) in [5.74, 6) is 0. The van der Waals surface area contributed by atoms with Crippen LogP contribution in [0.25, 0.3) is 0 Å². The quantitative estimate of drug-likeness (QED) is 0.790. The van der Waals surface area contributed by atoms with Gasteiger partial charge >= 0.3 is 0 Å². The highest BCUT2D eigenvalue weighted by molar-refractivity contribution is 7.90. The van der Waals surface area contributed by atoms with E-state index in [1.807, 2.05) is 0 Å². The Balaban J connectivity index is 2.71. The van der Waals surface area contributed by atoms with Gasteiger partial charge in [-0.15, -0.1) is 22.9 Å². The predicted octanol–water partition coefficient (Wildman–Crippen LogP) is 2.36. The van der Waals surface area contributed by atoms with Gasteiger partial charge in [0.2, 0.25) is 10.0 Å². The van der Waals surface area contributed by atoms with Gasteiger partial charge in [0.15, 0.2) is 0 Å². The molecule has 0 spiro atoms. The zero-order chi connectivity index (χ0) is 10.8. The highest BCUT2D eigenvalue weighted by Gasteiger charge is 2.16. The number of nitrogens with zero attached hydrogens (tertiary/aromatic N) is 1. The maximum absolute atomic E-state index is 11.3. The predicted molar refractivity (Wildman–Crippen MR) is 60.4 cm³/mol. The molecule has 1 rings (SSSR count). The molecule has 3 nitrogen and oxygen atoms in total. The average molecular weight is 274 g/mol. The third kappa shape index (κ3) is 3.10. The molecule has 7 heteroatoms. The standard InChI is InChI=1S/C7H9Cl2NO2S2/c1-10(14(11,12)5-8)4-6-2-3-7(9)13-6/h2-3H,4-5H2,1H3. The van der Waals surface area contributed by atoms with Gasteiger partial charge in [0.1, 0.15) is 5.21 Å². The lowest BCUT2D eigenvalue weighted by Gasteiger charge is -2.13. The van der Waals surface area contributed by atoms with E-state index in [-0.39, 0.29) is 0 Å². The molecule has 0 bridgehead atoms. The minimum Gasteiger partial charge on any atom is -0.211 e. The summed E-state index contributed by atoms with van der Waals surface area (Å²) in [5, 5.41) is -0.400. The summed E-state index contributed by atoms with van der Waals surface area (Å²) in [5.41, 5.74) is 0. The van der Waals surface area contributed by atoms with E-state index in [1.165, 1.54) is 22.7 Å². The number of rotatable bonds is 4. The number of alkyl halides is 1. The summed E-state index contributed by atoms with van der Waals surface area (Å²) in [4.78, 5) is 0.895. The molecule has 0 aliphatic rings. The molecule has 0 N–H and O–H groups in total. The molecule has 0 aliphatic heterocycles. The molecule has 1 heterocycles. The molecule has 0 unspecified atom stereocenters. The molecule has 14 heavy (non-hydrogen) atoms. The van der Waals surface area contributed by atoms with Crippen molar-refractivity contribution in [3.63, 3.8) is 0 Å². The van der Waals surface area contributed by atoms with Crippen molar-refractivity contribution in [2.75, 3.05) is 12.3 Å². The molecule has 1 aromatic heterocycles. The first-order valence-electron chi connectivity index (χ1n) is 3.70. The minimum atomic E-state index is -3.32. The molecule has 0 saturated carbocycles. The van der Waals surface area contributed by atoms with Gasteiger partial charge in [-0.3, -0.25) is 0 Å². The second-order valence-electron chi connectivity index (χ2n) is 2.68. The molecule has 0 radical (unpaired) electrons. The van der Waals surface area contributed by atoms with Crippen molar-refractivity contribution in [3.8, 4) is 0 Å². The van der Waals surface area contributed by atoms with Crippen molar-refractivity contribution in [1.29, 1.82) is 0 Å². The highest BCUT2D eigenvalue weighted by atomic mass is 35.5. The first kappa shape index (κ1) is 12.3.